The number of hydrogen-bond acceptors (Lipinski definition) is 3. The second-order valence-corrected chi connectivity index (χ2v) is 5.26. The van der Waals surface area contributed by atoms with Crippen molar-refractivity contribution in [2.75, 3.05) is 33.0 Å². The van der Waals surface area contributed by atoms with Crippen molar-refractivity contribution in [2.45, 2.75) is 38.6 Å². The summed E-state index contributed by atoms with van der Waals surface area (Å²) < 4.78 is 11.0. The van der Waals surface area contributed by atoms with E-state index in [0.29, 0.717) is 19.8 Å². The van der Waals surface area contributed by atoms with Crippen LogP contribution >= 0.6 is 0 Å². The first kappa shape index (κ1) is 12.8. The van der Waals surface area contributed by atoms with Crippen molar-refractivity contribution in [3.8, 4) is 0 Å². The molecule has 2 atom stereocenters. The number of carbonyl (C=O) groups is 1. The summed E-state index contributed by atoms with van der Waals surface area (Å²) in [6, 6.07) is 0. The summed E-state index contributed by atoms with van der Waals surface area (Å²) in [4.78, 5) is 14.5. The maximum atomic E-state index is 12.5. The minimum absolute atomic E-state index is 0.121. The number of amides is 1. The highest BCUT2D eigenvalue weighted by Crippen LogP contribution is 2.31. The van der Waals surface area contributed by atoms with E-state index in [-0.39, 0.29) is 17.4 Å². The van der Waals surface area contributed by atoms with E-state index < -0.39 is 0 Å². The molecule has 4 heteroatoms. The summed E-state index contributed by atoms with van der Waals surface area (Å²) in [5.74, 6) is 0.399. The van der Waals surface area contributed by atoms with Crippen LogP contribution in [0, 0.1) is 5.92 Å². The molecule has 4 nitrogen and oxygen atoms in total. The lowest BCUT2D eigenvalue weighted by Crippen LogP contribution is -2.60. The summed E-state index contributed by atoms with van der Waals surface area (Å²) in [6.07, 6.45) is 2.94. The van der Waals surface area contributed by atoms with Gasteiger partial charge in [-0.3, -0.25) is 4.79 Å². The van der Waals surface area contributed by atoms with Gasteiger partial charge in [-0.2, -0.15) is 0 Å². The highest BCUT2D eigenvalue weighted by atomic mass is 16.5. The molecule has 0 radical (unpaired) electrons. The molecule has 0 N–H and O–H groups in total. The van der Waals surface area contributed by atoms with E-state index >= 15 is 0 Å². The average molecular weight is 241 g/mol. The molecule has 2 aliphatic rings. The molecule has 0 bridgehead atoms. The van der Waals surface area contributed by atoms with E-state index in [0.717, 1.165) is 32.4 Å². The van der Waals surface area contributed by atoms with Gasteiger partial charge < -0.3 is 14.4 Å². The molecule has 1 amide bonds. The van der Waals surface area contributed by atoms with Crippen molar-refractivity contribution < 1.29 is 14.3 Å². The first-order valence-electron chi connectivity index (χ1n) is 6.66. The fourth-order valence-corrected chi connectivity index (χ4v) is 2.82. The molecule has 0 aliphatic carbocycles. The van der Waals surface area contributed by atoms with Crippen molar-refractivity contribution >= 4 is 5.91 Å². The molecule has 17 heavy (non-hydrogen) atoms. The van der Waals surface area contributed by atoms with Gasteiger partial charge in [-0.1, -0.05) is 20.3 Å². The van der Waals surface area contributed by atoms with E-state index in [2.05, 4.69) is 6.92 Å². The van der Waals surface area contributed by atoms with Gasteiger partial charge in [-0.25, -0.2) is 0 Å². The smallest absolute Gasteiger partial charge is 0.226 e. The van der Waals surface area contributed by atoms with Crippen LogP contribution in [0.4, 0.5) is 0 Å². The van der Waals surface area contributed by atoms with Gasteiger partial charge in [-0.15, -0.1) is 0 Å². The Hall–Kier alpha value is -0.610. The summed E-state index contributed by atoms with van der Waals surface area (Å²) >= 11 is 0. The van der Waals surface area contributed by atoms with Gasteiger partial charge in [0.1, 0.15) is 0 Å². The predicted octanol–water partition coefficient (Wildman–Crippen LogP) is 1.44. The van der Waals surface area contributed by atoms with Crippen LogP contribution in [0.5, 0.6) is 0 Å². The van der Waals surface area contributed by atoms with E-state index in [1.54, 1.807) is 0 Å². The third kappa shape index (κ3) is 2.47. The predicted molar refractivity (Wildman–Crippen MR) is 64.8 cm³/mol. The minimum atomic E-state index is -0.169. The van der Waals surface area contributed by atoms with Gasteiger partial charge >= 0.3 is 0 Å². The fourth-order valence-electron chi connectivity index (χ4n) is 2.82. The maximum absolute atomic E-state index is 12.5. The molecule has 0 aromatic carbocycles. The van der Waals surface area contributed by atoms with E-state index in [1.165, 1.54) is 0 Å². The highest BCUT2D eigenvalue weighted by molar-refractivity contribution is 5.79. The number of hydrogen-bond donors (Lipinski definition) is 0. The molecule has 0 saturated carbocycles. The molecular formula is C13H23NO3. The van der Waals surface area contributed by atoms with Gasteiger partial charge in [-0.05, 0) is 12.8 Å². The molecule has 0 aromatic rings. The largest absolute Gasteiger partial charge is 0.379 e. The monoisotopic (exact) mass is 241 g/mol. The van der Waals surface area contributed by atoms with Gasteiger partial charge in [0.25, 0.3) is 0 Å². The van der Waals surface area contributed by atoms with E-state index in [4.69, 9.17) is 9.47 Å². The Morgan fingerprint density at radius 3 is 2.71 bits per heavy atom. The molecule has 2 fully saturated rings. The fraction of sp³-hybridized carbons (Fsp3) is 0.923. The van der Waals surface area contributed by atoms with Crippen molar-refractivity contribution in [3.63, 3.8) is 0 Å². The second kappa shape index (κ2) is 5.36. The summed E-state index contributed by atoms with van der Waals surface area (Å²) in [6.45, 7) is 7.55. The Bertz CT molecular complexity index is 274. The van der Waals surface area contributed by atoms with Crippen LogP contribution in [0.2, 0.25) is 0 Å². The standard InChI is InChI=1S/C13H23NO3/c1-3-4-11(2)12(15)14-6-8-17-10-13(14)5-7-16-9-13/h11H,3-10H2,1-2H3/t11-,13+/m1/s1. The summed E-state index contributed by atoms with van der Waals surface area (Å²) in [7, 11) is 0. The molecule has 98 valence electrons. The first-order valence-corrected chi connectivity index (χ1v) is 6.66. The quantitative estimate of drug-likeness (QED) is 0.750. The zero-order valence-electron chi connectivity index (χ0n) is 10.9. The Balaban J connectivity index is 2.08. The van der Waals surface area contributed by atoms with Crippen LogP contribution < -0.4 is 0 Å². The van der Waals surface area contributed by atoms with Crippen molar-refractivity contribution in [2.24, 2.45) is 5.92 Å². The van der Waals surface area contributed by atoms with Crippen LogP contribution in [0.1, 0.15) is 33.1 Å². The minimum Gasteiger partial charge on any atom is -0.379 e. The van der Waals surface area contributed by atoms with Crippen LogP contribution in [-0.4, -0.2) is 49.3 Å². The zero-order valence-corrected chi connectivity index (χ0v) is 10.9. The third-order valence-corrected chi connectivity index (χ3v) is 3.89. The van der Waals surface area contributed by atoms with E-state index in [9.17, 15) is 4.79 Å². The molecule has 2 saturated heterocycles. The van der Waals surface area contributed by atoms with Crippen LogP contribution in [0.3, 0.4) is 0 Å². The lowest BCUT2D eigenvalue weighted by Gasteiger charge is -2.44. The Kier molecular flexibility index (Phi) is 4.05. The average Bonchev–Trinajstić information content (AvgIpc) is 2.78. The Morgan fingerprint density at radius 1 is 1.35 bits per heavy atom. The van der Waals surface area contributed by atoms with Crippen molar-refractivity contribution in [1.82, 2.24) is 4.90 Å². The van der Waals surface area contributed by atoms with Gasteiger partial charge in [0, 0.05) is 19.1 Å². The summed E-state index contributed by atoms with van der Waals surface area (Å²) in [5, 5.41) is 0. The number of morpholine rings is 1. The Morgan fingerprint density at radius 2 is 2.06 bits per heavy atom. The topological polar surface area (TPSA) is 38.8 Å². The molecular weight excluding hydrogens is 218 g/mol. The SMILES string of the molecule is CCC[C@@H](C)C(=O)N1CCOC[C@@]12CCOC2. The molecule has 0 aromatic heterocycles. The van der Waals surface area contributed by atoms with Gasteiger partial charge in [0.05, 0.1) is 25.4 Å². The van der Waals surface area contributed by atoms with Crippen LogP contribution in [0.25, 0.3) is 0 Å². The normalized spacial score (nSPS) is 30.8. The van der Waals surface area contributed by atoms with Crippen LogP contribution in [-0.2, 0) is 14.3 Å². The van der Waals surface area contributed by atoms with E-state index in [1.807, 2.05) is 11.8 Å². The number of ether oxygens (including phenoxy) is 2. The Labute approximate surface area is 103 Å². The van der Waals surface area contributed by atoms with Gasteiger partial charge in [0.15, 0.2) is 0 Å². The summed E-state index contributed by atoms with van der Waals surface area (Å²) in [5.41, 5.74) is -0.169. The van der Waals surface area contributed by atoms with Gasteiger partial charge in [0.2, 0.25) is 5.91 Å². The number of nitrogens with zero attached hydrogens (tertiary/aromatic N) is 1. The molecule has 2 rings (SSSR count). The van der Waals surface area contributed by atoms with Crippen molar-refractivity contribution in [3.05, 3.63) is 0 Å². The maximum Gasteiger partial charge on any atom is 0.226 e. The lowest BCUT2D eigenvalue weighted by atomic mass is 9.93. The third-order valence-electron chi connectivity index (χ3n) is 3.89. The number of carbonyl (C=O) groups excluding carboxylic acids is 1. The first-order chi connectivity index (χ1) is 8.19. The lowest BCUT2D eigenvalue weighted by molar-refractivity contribution is -0.153. The molecule has 0 unspecified atom stereocenters. The van der Waals surface area contributed by atoms with Crippen LogP contribution in [0.15, 0.2) is 0 Å². The highest BCUT2D eigenvalue weighted by Gasteiger charge is 2.46. The van der Waals surface area contributed by atoms with Crippen molar-refractivity contribution in [1.29, 1.82) is 0 Å². The molecule has 2 heterocycles. The second-order valence-electron chi connectivity index (χ2n) is 5.26. The zero-order chi connectivity index (χ0) is 12.3. The molecule has 1 spiro atoms. The number of rotatable bonds is 3. The molecule has 2 aliphatic heterocycles.